The van der Waals surface area contributed by atoms with Gasteiger partial charge in [0.1, 0.15) is 18.3 Å². The van der Waals surface area contributed by atoms with Gasteiger partial charge in [-0.2, -0.15) is 0 Å². The predicted octanol–water partition coefficient (Wildman–Crippen LogP) is 1.98. The summed E-state index contributed by atoms with van der Waals surface area (Å²) in [7, 11) is 0. The third kappa shape index (κ3) is 3.95. The van der Waals surface area contributed by atoms with E-state index < -0.39 is 53.5 Å². The number of hydrogen-bond donors (Lipinski definition) is 5. The molecule has 1 saturated heterocycles. The molecule has 0 amide bonds. The first-order chi connectivity index (χ1) is 18.4. The molecule has 0 unspecified atom stereocenters. The Morgan fingerprint density at radius 1 is 0.974 bits per heavy atom. The lowest BCUT2D eigenvalue weighted by Crippen LogP contribution is -2.65. The molecule has 39 heavy (non-hydrogen) atoms. The second-order valence-electron chi connectivity index (χ2n) is 13.2. The van der Waals surface area contributed by atoms with Crippen LogP contribution >= 0.6 is 0 Å². The highest BCUT2D eigenvalue weighted by Gasteiger charge is 2.70. The van der Waals surface area contributed by atoms with Crippen LogP contribution in [-0.4, -0.2) is 74.0 Å². The smallest absolute Gasteiger partial charge is 0.335 e. The molecule has 0 aromatic carbocycles. The van der Waals surface area contributed by atoms with Crippen molar-refractivity contribution >= 4 is 0 Å². The van der Waals surface area contributed by atoms with Gasteiger partial charge in [-0.15, -0.1) is 0 Å². The Balaban J connectivity index is 1.24. The molecule has 0 radical (unpaired) electrons. The third-order valence-corrected chi connectivity index (χ3v) is 11.6. The van der Waals surface area contributed by atoms with Crippen molar-refractivity contribution in [3.8, 4) is 0 Å². The molecule has 4 fully saturated rings. The summed E-state index contributed by atoms with van der Waals surface area (Å²) in [6.07, 6.45) is 2.04. The Morgan fingerprint density at radius 2 is 1.74 bits per heavy atom. The van der Waals surface area contributed by atoms with Gasteiger partial charge in [-0.25, -0.2) is 4.79 Å². The molecule has 9 heteroatoms. The lowest BCUT2D eigenvalue weighted by Gasteiger charge is -2.63. The minimum Gasteiger partial charge on any atom is -0.431 e. The van der Waals surface area contributed by atoms with Gasteiger partial charge >= 0.3 is 5.63 Å². The first kappa shape index (κ1) is 27.6. The van der Waals surface area contributed by atoms with Crippen LogP contribution in [0.4, 0.5) is 0 Å². The fraction of sp³-hybridized carbons (Fsp3) is 0.767. The Kier molecular flexibility index (Phi) is 6.70. The zero-order valence-electron chi connectivity index (χ0n) is 22.9. The first-order valence-corrected chi connectivity index (χ1v) is 14.5. The lowest BCUT2D eigenvalue weighted by atomic mass is 9.44. The van der Waals surface area contributed by atoms with Gasteiger partial charge in [-0.1, -0.05) is 25.5 Å². The van der Waals surface area contributed by atoms with Crippen LogP contribution in [0.5, 0.6) is 0 Å². The highest BCUT2D eigenvalue weighted by atomic mass is 16.7. The van der Waals surface area contributed by atoms with Crippen LogP contribution in [0, 0.1) is 22.7 Å². The lowest BCUT2D eigenvalue weighted by molar-refractivity contribution is -0.301. The summed E-state index contributed by atoms with van der Waals surface area (Å²) in [5.74, 6) is 0.0366. The van der Waals surface area contributed by atoms with E-state index in [1.807, 2.05) is 6.92 Å². The molecule has 3 saturated carbocycles. The second kappa shape index (κ2) is 9.48. The van der Waals surface area contributed by atoms with E-state index in [4.69, 9.17) is 13.9 Å². The number of aliphatic hydroxyl groups is 5. The quantitative estimate of drug-likeness (QED) is 0.359. The average Bonchev–Trinajstić information content (AvgIpc) is 3.20. The SMILES string of the molecule is C[C@@H]1O[C@@H](O[C@@H]2C=C3CC[C@@H]4[C@H](C[C@@H](O)[C@]5(C)[C@H](c6ccc(=O)oc6)CC[C@]45O)[C@@]3(C)CC2)[C@H](O)[C@H](O)[C@H]1O. The van der Waals surface area contributed by atoms with Gasteiger partial charge in [0.25, 0.3) is 0 Å². The van der Waals surface area contributed by atoms with E-state index >= 15 is 0 Å². The van der Waals surface area contributed by atoms with Crippen molar-refractivity contribution in [1.29, 1.82) is 0 Å². The van der Waals surface area contributed by atoms with E-state index in [1.54, 1.807) is 13.0 Å². The largest absolute Gasteiger partial charge is 0.431 e. The summed E-state index contributed by atoms with van der Waals surface area (Å²) in [5.41, 5.74) is -0.294. The summed E-state index contributed by atoms with van der Waals surface area (Å²) in [5, 5.41) is 54.7. The molecule has 0 spiro atoms. The summed E-state index contributed by atoms with van der Waals surface area (Å²) >= 11 is 0. The average molecular weight is 547 g/mol. The van der Waals surface area contributed by atoms with Gasteiger partial charge in [-0.3, -0.25) is 0 Å². The molecule has 0 bridgehead atoms. The maximum Gasteiger partial charge on any atom is 0.335 e. The fourth-order valence-electron chi connectivity index (χ4n) is 9.16. The molecule has 1 aromatic rings. The van der Waals surface area contributed by atoms with Crippen LogP contribution in [0.2, 0.25) is 0 Å². The minimum absolute atomic E-state index is 0.0345. The highest BCUT2D eigenvalue weighted by molar-refractivity contribution is 5.32. The minimum atomic E-state index is -1.34. The van der Waals surface area contributed by atoms with Crippen LogP contribution in [-0.2, 0) is 9.47 Å². The van der Waals surface area contributed by atoms with E-state index in [-0.39, 0.29) is 29.3 Å². The number of fused-ring (bicyclic) bond motifs is 5. The zero-order valence-corrected chi connectivity index (χ0v) is 22.9. The van der Waals surface area contributed by atoms with Crippen molar-refractivity contribution < 1.29 is 39.4 Å². The Labute approximate surface area is 228 Å². The molecule has 5 N–H and O–H groups in total. The molecule has 13 atom stereocenters. The molecule has 2 heterocycles. The Hall–Kier alpha value is -1.59. The van der Waals surface area contributed by atoms with Gasteiger partial charge in [-0.05, 0) is 86.7 Å². The number of aliphatic hydroxyl groups excluding tert-OH is 4. The summed E-state index contributed by atoms with van der Waals surface area (Å²) < 4.78 is 16.9. The first-order valence-electron chi connectivity index (χ1n) is 14.5. The molecule has 6 rings (SSSR count). The van der Waals surface area contributed by atoms with Crippen LogP contribution in [0.25, 0.3) is 0 Å². The van der Waals surface area contributed by atoms with Crippen molar-refractivity contribution in [3.05, 3.63) is 46.0 Å². The van der Waals surface area contributed by atoms with E-state index in [2.05, 4.69) is 13.0 Å². The van der Waals surface area contributed by atoms with Crippen molar-refractivity contribution in [1.82, 2.24) is 0 Å². The molecule has 216 valence electrons. The third-order valence-electron chi connectivity index (χ3n) is 11.6. The van der Waals surface area contributed by atoms with E-state index in [0.717, 1.165) is 31.2 Å². The number of ether oxygens (including phenoxy) is 2. The van der Waals surface area contributed by atoms with Crippen LogP contribution in [0.15, 0.2) is 39.3 Å². The molecule has 9 nitrogen and oxygen atoms in total. The second-order valence-corrected chi connectivity index (χ2v) is 13.2. The van der Waals surface area contributed by atoms with Gasteiger partial charge < -0.3 is 39.4 Å². The highest BCUT2D eigenvalue weighted by Crippen LogP contribution is 2.70. The van der Waals surface area contributed by atoms with Gasteiger partial charge in [0.2, 0.25) is 0 Å². The molecule has 5 aliphatic rings. The molecule has 4 aliphatic carbocycles. The molecule has 1 aromatic heterocycles. The standard InChI is InChI=1S/C30H42O9/c1-15-24(33)25(34)26(35)27(38-15)39-18-8-10-28(2)17(12-18)5-6-20-21(28)13-22(31)29(3)19(9-11-30(20,29)36)16-4-7-23(32)37-14-16/h4,7,12,14-15,18-22,24-27,31,33-36H,5-6,8-11,13H2,1-3H3/t15-,18-,19-,20+,21-,22+,24-,25+,26+,27-,28-,29-,30-/m0/s1. The summed E-state index contributed by atoms with van der Waals surface area (Å²) in [4.78, 5) is 11.6. The Bertz CT molecular complexity index is 1160. The Morgan fingerprint density at radius 3 is 2.46 bits per heavy atom. The summed E-state index contributed by atoms with van der Waals surface area (Å²) in [6.45, 7) is 5.90. The topological polar surface area (TPSA) is 150 Å². The van der Waals surface area contributed by atoms with E-state index in [1.165, 1.54) is 17.9 Å². The number of rotatable bonds is 3. The van der Waals surface area contributed by atoms with Gasteiger partial charge in [0.05, 0.1) is 30.2 Å². The van der Waals surface area contributed by atoms with Gasteiger partial charge in [0.15, 0.2) is 6.29 Å². The number of allylic oxidation sites excluding steroid dienone is 1. The zero-order chi connectivity index (χ0) is 27.9. The van der Waals surface area contributed by atoms with E-state index in [9.17, 15) is 30.3 Å². The molecular formula is C30H42O9. The van der Waals surface area contributed by atoms with Crippen molar-refractivity contribution in [3.63, 3.8) is 0 Å². The monoisotopic (exact) mass is 546 g/mol. The predicted molar refractivity (Wildman–Crippen MR) is 140 cm³/mol. The van der Waals surface area contributed by atoms with Crippen LogP contribution in [0.1, 0.15) is 77.2 Å². The normalized spacial score (nSPS) is 51.4. The maximum absolute atomic E-state index is 12.4. The van der Waals surface area contributed by atoms with Crippen LogP contribution in [0.3, 0.4) is 0 Å². The maximum atomic E-state index is 12.4. The molecular weight excluding hydrogens is 504 g/mol. The van der Waals surface area contributed by atoms with Crippen LogP contribution < -0.4 is 5.63 Å². The number of hydrogen-bond acceptors (Lipinski definition) is 9. The van der Waals surface area contributed by atoms with Crippen molar-refractivity contribution in [2.24, 2.45) is 22.7 Å². The van der Waals surface area contributed by atoms with Crippen molar-refractivity contribution in [2.45, 2.75) is 120 Å². The molecule has 1 aliphatic heterocycles. The fourth-order valence-corrected chi connectivity index (χ4v) is 9.16. The van der Waals surface area contributed by atoms with Gasteiger partial charge in [0, 0.05) is 11.5 Å². The van der Waals surface area contributed by atoms with Crippen molar-refractivity contribution in [2.75, 3.05) is 0 Å². The summed E-state index contributed by atoms with van der Waals surface area (Å²) in [6, 6.07) is 3.18. The van der Waals surface area contributed by atoms with E-state index in [0.29, 0.717) is 19.3 Å².